The third-order valence-corrected chi connectivity index (χ3v) is 5.63. The van der Waals surface area contributed by atoms with Crippen LogP contribution in [0.3, 0.4) is 0 Å². The summed E-state index contributed by atoms with van der Waals surface area (Å²) < 4.78 is 0. The topological polar surface area (TPSA) is 55.9 Å². The van der Waals surface area contributed by atoms with Crippen molar-refractivity contribution in [1.29, 1.82) is 0 Å². The smallest absolute Gasteiger partial charge is 0.320 e. The van der Waals surface area contributed by atoms with Crippen molar-refractivity contribution in [3.05, 3.63) is 35.9 Å². The molecule has 0 aliphatic carbocycles. The Morgan fingerprint density at radius 2 is 1.78 bits per heavy atom. The molecule has 150 valence electrons. The van der Waals surface area contributed by atoms with Gasteiger partial charge in [-0.2, -0.15) is 0 Å². The van der Waals surface area contributed by atoms with E-state index in [4.69, 9.17) is 0 Å². The Morgan fingerprint density at radius 3 is 2.37 bits per heavy atom. The highest BCUT2D eigenvalue weighted by Crippen LogP contribution is 2.22. The van der Waals surface area contributed by atoms with Gasteiger partial charge in [0.25, 0.3) is 0 Å². The Hall–Kier alpha value is -1.79. The fraction of sp³-hybridized carbons (Fsp3) is 0.600. The molecule has 0 bridgehead atoms. The number of rotatable bonds is 4. The number of nitrogens with one attached hydrogen (secondary N) is 1. The standard InChI is InChI=1S/C20H30N4O2.ClH/c1-22(15-16-6-4-3-5-7-16)20(26)24-12-9-17(10-13-24)19(25)23(2)18-8-11-21-14-18;/h3-7,17-18,21H,8-15H2,1-2H3;1H. The van der Waals surface area contributed by atoms with Crippen molar-refractivity contribution in [2.75, 3.05) is 40.3 Å². The minimum Gasteiger partial charge on any atom is -0.341 e. The van der Waals surface area contributed by atoms with Crippen molar-refractivity contribution in [2.24, 2.45) is 5.92 Å². The summed E-state index contributed by atoms with van der Waals surface area (Å²) in [5.74, 6) is 0.285. The molecular weight excluding hydrogens is 364 g/mol. The lowest BCUT2D eigenvalue weighted by molar-refractivity contribution is -0.137. The van der Waals surface area contributed by atoms with Crippen molar-refractivity contribution in [1.82, 2.24) is 20.0 Å². The van der Waals surface area contributed by atoms with Gasteiger partial charge < -0.3 is 20.0 Å². The van der Waals surface area contributed by atoms with Gasteiger partial charge in [-0.25, -0.2) is 4.79 Å². The quantitative estimate of drug-likeness (QED) is 0.851. The van der Waals surface area contributed by atoms with E-state index < -0.39 is 0 Å². The number of benzene rings is 1. The molecule has 7 heteroatoms. The summed E-state index contributed by atoms with van der Waals surface area (Å²) >= 11 is 0. The number of piperidine rings is 1. The molecule has 2 saturated heterocycles. The Bertz CT molecular complexity index is 614. The highest BCUT2D eigenvalue weighted by atomic mass is 35.5. The molecule has 2 aliphatic heterocycles. The SMILES string of the molecule is CN(Cc1ccccc1)C(=O)N1CCC(C(=O)N(C)C2CCNC2)CC1.Cl. The average molecular weight is 395 g/mol. The minimum absolute atomic E-state index is 0. The zero-order valence-corrected chi connectivity index (χ0v) is 17.1. The van der Waals surface area contributed by atoms with Crippen LogP contribution in [0.5, 0.6) is 0 Å². The molecule has 2 fully saturated rings. The molecule has 2 aliphatic rings. The highest BCUT2D eigenvalue weighted by molar-refractivity contribution is 5.85. The lowest BCUT2D eigenvalue weighted by Crippen LogP contribution is -2.49. The number of carbonyl (C=O) groups is 2. The molecule has 2 heterocycles. The van der Waals surface area contributed by atoms with Gasteiger partial charge in [0.15, 0.2) is 0 Å². The van der Waals surface area contributed by atoms with E-state index in [2.05, 4.69) is 5.32 Å². The van der Waals surface area contributed by atoms with Crippen LogP contribution >= 0.6 is 12.4 Å². The third-order valence-electron chi connectivity index (χ3n) is 5.63. The first-order valence-electron chi connectivity index (χ1n) is 9.57. The fourth-order valence-corrected chi connectivity index (χ4v) is 3.92. The number of hydrogen-bond donors (Lipinski definition) is 1. The first-order chi connectivity index (χ1) is 12.6. The Balaban J connectivity index is 0.00000261. The fourth-order valence-electron chi connectivity index (χ4n) is 3.92. The van der Waals surface area contributed by atoms with Gasteiger partial charge in [-0.1, -0.05) is 30.3 Å². The van der Waals surface area contributed by atoms with E-state index >= 15 is 0 Å². The van der Waals surface area contributed by atoms with Crippen LogP contribution in [0.25, 0.3) is 0 Å². The van der Waals surface area contributed by atoms with Crippen LogP contribution in [0.15, 0.2) is 30.3 Å². The van der Waals surface area contributed by atoms with Crippen LogP contribution in [0.2, 0.25) is 0 Å². The maximum absolute atomic E-state index is 12.7. The first kappa shape index (κ1) is 21.5. The second-order valence-corrected chi connectivity index (χ2v) is 7.48. The van der Waals surface area contributed by atoms with Crippen LogP contribution < -0.4 is 5.32 Å². The third kappa shape index (κ3) is 5.36. The summed E-state index contributed by atoms with van der Waals surface area (Å²) in [5, 5.41) is 3.31. The van der Waals surface area contributed by atoms with Gasteiger partial charge in [0.2, 0.25) is 5.91 Å². The van der Waals surface area contributed by atoms with Crippen molar-refractivity contribution in [2.45, 2.75) is 31.8 Å². The summed E-state index contributed by atoms with van der Waals surface area (Å²) in [6.45, 7) is 3.80. The molecule has 0 radical (unpaired) electrons. The van der Waals surface area contributed by atoms with E-state index in [-0.39, 0.29) is 30.3 Å². The normalized spacial score (nSPS) is 20.1. The number of urea groups is 1. The van der Waals surface area contributed by atoms with Crippen molar-refractivity contribution >= 4 is 24.3 Å². The first-order valence-corrected chi connectivity index (χ1v) is 9.57. The zero-order valence-electron chi connectivity index (χ0n) is 16.3. The molecule has 1 N–H and O–H groups in total. The number of nitrogens with zero attached hydrogens (tertiary/aromatic N) is 3. The van der Waals surface area contributed by atoms with Gasteiger partial charge in [0.05, 0.1) is 0 Å². The second-order valence-electron chi connectivity index (χ2n) is 7.48. The maximum Gasteiger partial charge on any atom is 0.320 e. The van der Waals surface area contributed by atoms with Crippen molar-refractivity contribution in [3.63, 3.8) is 0 Å². The number of carbonyl (C=O) groups excluding carboxylic acids is 2. The monoisotopic (exact) mass is 394 g/mol. The Labute approximate surface area is 168 Å². The molecule has 1 aromatic rings. The van der Waals surface area contributed by atoms with Gasteiger partial charge >= 0.3 is 6.03 Å². The summed E-state index contributed by atoms with van der Waals surface area (Å²) in [5.41, 5.74) is 1.13. The van der Waals surface area contributed by atoms with Crippen molar-refractivity contribution < 1.29 is 9.59 Å². The van der Waals surface area contributed by atoms with Gasteiger partial charge in [0, 0.05) is 52.2 Å². The molecule has 1 aromatic carbocycles. The number of amides is 3. The lowest BCUT2D eigenvalue weighted by Gasteiger charge is -2.36. The van der Waals surface area contributed by atoms with Crippen LogP contribution in [-0.2, 0) is 11.3 Å². The molecular formula is C20H31ClN4O2. The molecule has 3 rings (SSSR count). The Morgan fingerprint density at radius 1 is 1.11 bits per heavy atom. The summed E-state index contributed by atoms with van der Waals surface area (Å²) in [6.07, 6.45) is 2.55. The van der Waals surface area contributed by atoms with Gasteiger partial charge in [-0.15, -0.1) is 12.4 Å². The van der Waals surface area contributed by atoms with Gasteiger partial charge in [-0.3, -0.25) is 4.79 Å². The average Bonchev–Trinajstić information content (AvgIpc) is 3.22. The lowest BCUT2D eigenvalue weighted by atomic mass is 9.95. The van der Waals surface area contributed by atoms with Crippen LogP contribution in [0, 0.1) is 5.92 Å². The Kier molecular flexibility index (Phi) is 7.92. The molecule has 27 heavy (non-hydrogen) atoms. The van der Waals surface area contributed by atoms with Crippen LogP contribution in [0.4, 0.5) is 4.79 Å². The molecule has 0 spiro atoms. The summed E-state index contributed by atoms with van der Waals surface area (Å²) in [7, 11) is 3.76. The number of likely N-dealkylation sites (tertiary alicyclic amines) is 1. The molecule has 1 atom stereocenters. The molecule has 6 nitrogen and oxygen atoms in total. The largest absolute Gasteiger partial charge is 0.341 e. The number of halogens is 1. The van der Waals surface area contributed by atoms with Crippen LogP contribution in [-0.4, -0.2) is 73.0 Å². The highest BCUT2D eigenvalue weighted by Gasteiger charge is 2.32. The summed E-state index contributed by atoms with van der Waals surface area (Å²) in [4.78, 5) is 30.9. The number of likely N-dealkylation sites (N-methyl/N-ethyl adjacent to an activating group) is 1. The van der Waals surface area contributed by atoms with E-state index in [0.29, 0.717) is 25.7 Å². The molecule has 1 unspecified atom stereocenters. The van der Waals surface area contributed by atoms with Crippen molar-refractivity contribution in [3.8, 4) is 0 Å². The molecule has 0 aromatic heterocycles. The van der Waals surface area contributed by atoms with Gasteiger partial charge in [-0.05, 0) is 31.4 Å². The van der Waals surface area contributed by atoms with E-state index in [1.807, 2.05) is 54.2 Å². The van der Waals surface area contributed by atoms with E-state index in [1.165, 1.54) is 0 Å². The second kappa shape index (κ2) is 9.95. The molecule has 0 saturated carbocycles. The van der Waals surface area contributed by atoms with E-state index in [1.54, 1.807) is 4.90 Å². The van der Waals surface area contributed by atoms with Crippen LogP contribution in [0.1, 0.15) is 24.8 Å². The summed E-state index contributed by atoms with van der Waals surface area (Å²) in [6, 6.07) is 10.4. The molecule has 3 amide bonds. The van der Waals surface area contributed by atoms with Gasteiger partial charge in [0.1, 0.15) is 0 Å². The maximum atomic E-state index is 12.7. The minimum atomic E-state index is 0. The number of hydrogen-bond acceptors (Lipinski definition) is 3. The zero-order chi connectivity index (χ0) is 18.5. The van der Waals surface area contributed by atoms with E-state index in [0.717, 1.165) is 37.9 Å². The predicted molar refractivity (Wildman–Crippen MR) is 109 cm³/mol. The van der Waals surface area contributed by atoms with E-state index in [9.17, 15) is 9.59 Å². The predicted octanol–water partition coefficient (Wildman–Crippen LogP) is 2.19.